The number of amides is 2. The van der Waals surface area contributed by atoms with Gasteiger partial charge in [0.25, 0.3) is 5.91 Å². The zero-order valence-electron chi connectivity index (χ0n) is 24.8. The Bertz CT molecular complexity index is 1050. The Morgan fingerprint density at radius 1 is 1.07 bits per heavy atom. The molecule has 1 saturated carbocycles. The average Bonchev–Trinajstić information content (AvgIpc) is 3.47. The number of hydrogen-bond donors (Lipinski definition) is 1. The minimum Gasteiger partial charge on any atom is -0.459 e. The van der Waals surface area contributed by atoms with Crippen molar-refractivity contribution in [2.75, 3.05) is 0 Å². The largest absolute Gasteiger partial charge is 0.459 e. The van der Waals surface area contributed by atoms with Crippen LogP contribution in [-0.4, -0.2) is 68.7 Å². The zero-order valence-corrected chi connectivity index (χ0v) is 24.8. The lowest BCUT2D eigenvalue weighted by Gasteiger charge is -2.38. The SMILES string of the molecule is CCCCC(CC)N1C(=N)N([C@@H](C)C(=O)N2C(C(=O)OCc3ccccc3)C[C@@H]3CCCC[C@@H]32)C(CCC)C1=O. The van der Waals surface area contributed by atoms with Crippen LogP contribution in [0.3, 0.4) is 0 Å². The normalized spacial score (nSPS) is 26.1. The number of nitrogens with one attached hydrogen (secondary N) is 1. The molecular formula is C32H48N4O4. The summed E-state index contributed by atoms with van der Waals surface area (Å²) in [6.45, 7) is 8.22. The van der Waals surface area contributed by atoms with E-state index in [9.17, 15) is 14.4 Å². The Hall–Kier alpha value is -2.90. The van der Waals surface area contributed by atoms with Crippen LogP contribution >= 0.6 is 0 Å². The van der Waals surface area contributed by atoms with Crippen LogP contribution in [0, 0.1) is 11.3 Å². The van der Waals surface area contributed by atoms with Crippen LogP contribution in [0.1, 0.15) is 104 Å². The van der Waals surface area contributed by atoms with Crippen molar-refractivity contribution in [1.82, 2.24) is 14.7 Å². The molecule has 2 aliphatic heterocycles. The Morgan fingerprint density at radius 3 is 2.48 bits per heavy atom. The van der Waals surface area contributed by atoms with Crippen LogP contribution in [-0.2, 0) is 25.7 Å². The number of carbonyl (C=O) groups excluding carboxylic acids is 3. The lowest BCUT2D eigenvalue weighted by Crippen LogP contribution is -2.56. The van der Waals surface area contributed by atoms with Gasteiger partial charge in [0.05, 0.1) is 0 Å². The maximum atomic E-state index is 14.3. The second-order valence-corrected chi connectivity index (χ2v) is 11.8. The quantitative estimate of drug-likeness (QED) is 0.346. The van der Waals surface area contributed by atoms with E-state index in [-0.39, 0.29) is 48.4 Å². The Kier molecular flexibility index (Phi) is 10.3. The molecular weight excluding hydrogens is 504 g/mol. The van der Waals surface area contributed by atoms with Gasteiger partial charge < -0.3 is 14.5 Å². The van der Waals surface area contributed by atoms with Crippen LogP contribution in [0.5, 0.6) is 0 Å². The molecule has 1 aromatic carbocycles. The Morgan fingerprint density at radius 2 is 1.80 bits per heavy atom. The third-order valence-electron chi connectivity index (χ3n) is 9.23. The average molecular weight is 553 g/mol. The molecule has 2 saturated heterocycles. The first-order chi connectivity index (χ1) is 19.3. The van der Waals surface area contributed by atoms with Crippen molar-refractivity contribution in [1.29, 1.82) is 5.41 Å². The Balaban J connectivity index is 1.57. The van der Waals surface area contributed by atoms with E-state index in [1.54, 1.807) is 14.7 Å². The number of carbonyl (C=O) groups is 3. The molecule has 2 amide bonds. The molecule has 0 aromatic heterocycles. The molecule has 4 rings (SSSR count). The molecule has 6 atom stereocenters. The van der Waals surface area contributed by atoms with Crippen LogP contribution < -0.4 is 0 Å². The first-order valence-electron chi connectivity index (χ1n) is 15.6. The fourth-order valence-electron chi connectivity index (χ4n) is 7.10. The number of benzene rings is 1. The van der Waals surface area contributed by atoms with E-state index >= 15 is 0 Å². The van der Waals surface area contributed by atoms with Crippen molar-refractivity contribution in [3.63, 3.8) is 0 Å². The molecule has 3 fully saturated rings. The van der Waals surface area contributed by atoms with Gasteiger partial charge in [-0.15, -0.1) is 0 Å². The molecule has 40 heavy (non-hydrogen) atoms. The van der Waals surface area contributed by atoms with E-state index in [1.807, 2.05) is 44.2 Å². The first-order valence-corrected chi connectivity index (χ1v) is 15.6. The molecule has 0 radical (unpaired) electrons. The number of hydrogen-bond acceptors (Lipinski definition) is 5. The van der Waals surface area contributed by atoms with Gasteiger partial charge in [-0.25, -0.2) is 4.79 Å². The predicted molar refractivity (Wildman–Crippen MR) is 155 cm³/mol. The number of ether oxygens (including phenoxy) is 1. The van der Waals surface area contributed by atoms with Gasteiger partial charge in [0.15, 0.2) is 0 Å². The molecule has 0 bridgehead atoms. The van der Waals surface area contributed by atoms with E-state index < -0.39 is 18.1 Å². The van der Waals surface area contributed by atoms with Crippen LogP contribution in [0.25, 0.3) is 0 Å². The molecule has 8 nitrogen and oxygen atoms in total. The number of rotatable bonds is 12. The number of guanidine groups is 1. The molecule has 3 aliphatic rings. The molecule has 220 valence electrons. The fraction of sp³-hybridized carbons (Fsp3) is 0.688. The van der Waals surface area contributed by atoms with E-state index in [2.05, 4.69) is 13.8 Å². The highest BCUT2D eigenvalue weighted by Crippen LogP contribution is 2.41. The molecule has 1 aromatic rings. The molecule has 0 spiro atoms. The number of nitrogens with zero attached hydrogens (tertiary/aromatic N) is 3. The summed E-state index contributed by atoms with van der Waals surface area (Å²) in [5, 5.41) is 9.11. The number of fused-ring (bicyclic) bond motifs is 1. The fourth-order valence-corrected chi connectivity index (χ4v) is 7.10. The number of likely N-dealkylation sites (tertiary alicyclic amines) is 1. The van der Waals surface area contributed by atoms with Gasteiger partial charge in [0, 0.05) is 12.1 Å². The molecule has 2 heterocycles. The van der Waals surface area contributed by atoms with Crippen LogP contribution in [0.4, 0.5) is 0 Å². The van der Waals surface area contributed by atoms with E-state index in [1.165, 1.54) is 0 Å². The standard InChI is InChI=1S/C32H48N4O4/c1-5-8-18-25(7-3)35-30(38)27(14-6-2)34(32(35)33)22(4)29(37)36-26-19-13-12-17-24(26)20-28(36)31(39)40-21-23-15-10-9-11-16-23/h9-11,15-16,22,24-28,33H,5-8,12-14,17-21H2,1-4H3/t22-,24-,25?,26-,27?,28?/m0/s1. The summed E-state index contributed by atoms with van der Waals surface area (Å²) in [5.74, 6) is -0.178. The minimum absolute atomic E-state index is 0.000800. The van der Waals surface area contributed by atoms with Crippen molar-refractivity contribution < 1.29 is 19.1 Å². The minimum atomic E-state index is -0.716. The van der Waals surface area contributed by atoms with Crippen molar-refractivity contribution in [3.05, 3.63) is 35.9 Å². The summed E-state index contributed by atoms with van der Waals surface area (Å²) in [6, 6.07) is 7.69. The maximum Gasteiger partial charge on any atom is 0.329 e. The second-order valence-electron chi connectivity index (χ2n) is 11.8. The smallest absolute Gasteiger partial charge is 0.329 e. The summed E-state index contributed by atoms with van der Waals surface area (Å²) in [7, 11) is 0. The summed E-state index contributed by atoms with van der Waals surface area (Å²) in [5.41, 5.74) is 0.914. The van der Waals surface area contributed by atoms with Gasteiger partial charge in [-0.05, 0) is 56.9 Å². The zero-order chi connectivity index (χ0) is 28.8. The van der Waals surface area contributed by atoms with Gasteiger partial charge in [0.2, 0.25) is 11.9 Å². The van der Waals surface area contributed by atoms with E-state index in [4.69, 9.17) is 10.1 Å². The summed E-state index contributed by atoms with van der Waals surface area (Å²) in [4.78, 5) is 46.7. The number of esters is 1. The van der Waals surface area contributed by atoms with Crippen molar-refractivity contribution in [2.45, 2.75) is 135 Å². The molecule has 3 unspecified atom stereocenters. The van der Waals surface area contributed by atoms with Gasteiger partial charge in [-0.2, -0.15) is 0 Å². The van der Waals surface area contributed by atoms with Crippen LogP contribution in [0.2, 0.25) is 0 Å². The van der Waals surface area contributed by atoms with E-state index in [0.29, 0.717) is 12.8 Å². The second kappa shape index (κ2) is 13.6. The van der Waals surface area contributed by atoms with Gasteiger partial charge in [0.1, 0.15) is 24.7 Å². The van der Waals surface area contributed by atoms with Gasteiger partial charge in [-0.3, -0.25) is 19.9 Å². The number of unbranched alkanes of at least 4 members (excludes halogenated alkanes) is 1. The highest BCUT2D eigenvalue weighted by atomic mass is 16.5. The third-order valence-corrected chi connectivity index (χ3v) is 9.23. The first kappa shape index (κ1) is 30.1. The molecule has 1 aliphatic carbocycles. The molecule has 1 N–H and O–H groups in total. The molecule has 8 heteroatoms. The van der Waals surface area contributed by atoms with Crippen molar-refractivity contribution >= 4 is 23.7 Å². The maximum absolute atomic E-state index is 14.3. The summed E-state index contributed by atoms with van der Waals surface area (Å²) >= 11 is 0. The monoisotopic (exact) mass is 552 g/mol. The lowest BCUT2D eigenvalue weighted by atomic mass is 9.84. The highest BCUT2D eigenvalue weighted by molar-refractivity contribution is 6.07. The van der Waals surface area contributed by atoms with Gasteiger partial charge >= 0.3 is 5.97 Å². The topological polar surface area (TPSA) is 94.0 Å². The summed E-state index contributed by atoms with van der Waals surface area (Å²) < 4.78 is 5.75. The van der Waals surface area contributed by atoms with E-state index in [0.717, 1.165) is 63.4 Å². The predicted octanol–water partition coefficient (Wildman–Crippen LogP) is 5.49. The van der Waals surface area contributed by atoms with Crippen LogP contribution in [0.15, 0.2) is 30.3 Å². The van der Waals surface area contributed by atoms with Gasteiger partial charge in [-0.1, -0.05) is 83.2 Å². The highest BCUT2D eigenvalue weighted by Gasteiger charge is 2.53. The Labute approximate surface area is 239 Å². The van der Waals surface area contributed by atoms with Crippen molar-refractivity contribution in [2.24, 2.45) is 5.92 Å². The lowest BCUT2D eigenvalue weighted by molar-refractivity contribution is -0.157. The summed E-state index contributed by atoms with van der Waals surface area (Å²) in [6.07, 6.45) is 9.66. The van der Waals surface area contributed by atoms with Crippen molar-refractivity contribution in [3.8, 4) is 0 Å². The third kappa shape index (κ3) is 6.06.